The van der Waals surface area contributed by atoms with Gasteiger partial charge in [-0.25, -0.2) is 4.79 Å². The molecule has 1 aromatic carbocycles. The van der Waals surface area contributed by atoms with Crippen molar-refractivity contribution in [2.45, 2.75) is 26.2 Å². The number of hydrogen-bond donors (Lipinski definition) is 2. The number of carbonyl (C=O) groups is 1. The molecule has 0 unspecified atom stereocenters. The normalized spacial score (nSPS) is 11.3. The highest BCUT2D eigenvalue weighted by Crippen LogP contribution is 2.31. The number of hydrogen-bond acceptors (Lipinski definition) is 3. The minimum absolute atomic E-state index is 0.0269. The SMILES string of the molecule is CCOc1ccc(C(C)(C)c2cc(C(=O)O)n[nH]2)cc1. The molecule has 2 N–H and O–H groups in total. The summed E-state index contributed by atoms with van der Waals surface area (Å²) in [5.41, 5.74) is 1.49. The third kappa shape index (κ3) is 2.66. The van der Waals surface area contributed by atoms with E-state index in [-0.39, 0.29) is 11.1 Å². The lowest BCUT2D eigenvalue weighted by Crippen LogP contribution is -2.19. The number of nitrogens with one attached hydrogen (secondary N) is 1. The maximum Gasteiger partial charge on any atom is 0.356 e. The molecule has 0 aliphatic carbocycles. The number of aromatic amines is 1. The molecule has 2 aromatic rings. The Morgan fingerprint density at radius 3 is 2.50 bits per heavy atom. The van der Waals surface area contributed by atoms with Crippen LogP contribution < -0.4 is 4.74 Å². The Hall–Kier alpha value is -2.30. The molecule has 0 spiro atoms. The van der Waals surface area contributed by atoms with E-state index < -0.39 is 5.97 Å². The summed E-state index contributed by atoms with van der Waals surface area (Å²) >= 11 is 0. The summed E-state index contributed by atoms with van der Waals surface area (Å²) in [6.07, 6.45) is 0. The minimum Gasteiger partial charge on any atom is -0.494 e. The molecule has 0 saturated heterocycles. The Bertz CT molecular complexity index is 600. The van der Waals surface area contributed by atoms with Crippen LogP contribution in [0.3, 0.4) is 0 Å². The predicted molar refractivity (Wildman–Crippen MR) is 75.3 cm³/mol. The van der Waals surface area contributed by atoms with Crippen LogP contribution in [0, 0.1) is 0 Å². The number of carboxylic acid groups (broad SMARTS) is 1. The zero-order valence-electron chi connectivity index (χ0n) is 11.8. The largest absolute Gasteiger partial charge is 0.494 e. The molecule has 0 atom stereocenters. The second kappa shape index (κ2) is 5.36. The van der Waals surface area contributed by atoms with E-state index in [2.05, 4.69) is 10.2 Å². The van der Waals surface area contributed by atoms with Crippen LogP contribution in [0.5, 0.6) is 5.75 Å². The second-order valence-electron chi connectivity index (χ2n) is 5.05. The molecule has 20 heavy (non-hydrogen) atoms. The third-order valence-electron chi connectivity index (χ3n) is 3.36. The Balaban J connectivity index is 2.30. The van der Waals surface area contributed by atoms with Crippen LogP contribution in [0.1, 0.15) is 42.5 Å². The molecule has 5 heteroatoms. The van der Waals surface area contributed by atoms with E-state index in [1.54, 1.807) is 6.07 Å². The van der Waals surface area contributed by atoms with Crippen molar-refractivity contribution < 1.29 is 14.6 Å². The molecule has 0 bridgehead atoms. The number of carboxylic acids is 1. The van der Waals surface area contributed by atoms with Crippen LogP contribution in [-0.2, 0) is 5.41 Å². The van der Waals surface area contributed by atoms with Crippen LogP contribution in [0.15, 0.2) is 30.3 Å². The van der Waals surface area contributed by atoms with Gasteiger partial charge in [0.1, 0.15) is 5.75 Å². The van der Waals surface area contributed by atoms with E-state index >= 15 is 0 Å². The fourth-order valence-corrected chi connectivity index (χ4v) is 2.04. The minimum atomic E-state index is -1.03. The van der Waals surface area contributed by atoms with E-state index in [1.165, 1.54) is 0 Å². The summed E-state index contributed by atoms with van der Waals surface area (Å²) < 4.78 is 5.42. The van der Waals surface area contributed by atoms with Gasteiger partial charge in [0.15, 0.2) is 5.69 Å². The van der Waals surface area contributed by atoms with Gasteiger partial charge in [-0.05, 0) is 30.7 Å². The van der Waals surface area contributed by atoms with Gasteiger partial charge < -0.3 is 9.84 Å². The van der Waals surface area contributed by atoms with Crippen molar-refractivity contribution in [2.24, 2.45) is 0 Å². The fraction of sp³-hybridized carbons (Fsp3) is 0.333. The summed E-state index contributed by atoms with van der Waals surface area (Å²) in [5.74, 6) is -0.210. The molecule has 2 rings (SSSR count). The van der Waals surface area contributed by atoms with Crippen molar-refractivity contribution in [3.05, 3.63) is 47.3 Å². The first-order valence-electron chi connectivity index (χ1n) is 6.47. The lowest BCUT2D eigenvalue weighted by atomic mass is 9.81. The van der Waals surface area contributed by atoms with Crippen molar-refractivity contribution in [1.29, 1.82) is 0 Å². The number of benzene rings is 1. The van der Waals surface area contributed by atoms with Gasteiger partial charge in [0.2, 0.25) is 0 Å². The number of aromatic nitrogens is 2. The van der Waals surface area contributed by atoms with Crippen LogP contribution >= 0.6 is 0 Å². The van der Waals surface area contributed by atoms with Gasteiger partial charge in [-0.3, -0.25) is 5.10 Å². The molecule has 0 saturated carbocycles. The molecule has 5 nitrogen and oxygen atoms in total. The predicted octanol–water partition coefficient (Wildman–Crippen LogP) is 2.83. The quantitative estimate of drug-likeness (QED) is 0.879. The van der Waals surface area contributed by atoms with E-state index in [0.29, 0.717) is 6.61 Å². The number of aromatic carboxylic acids is 1. The topological polar surface area (TPSA) is 75.2 Å². The van der Waals surface area contributed by atoms with Gasteiger partial charge in [0.25, 0.3) is 0 Å². The molecular weight excluding hydrogens is 256 g/mol. The Morgan fingerprint density at radius 2 is 2.00 bits per heavy atom. The maximum absolute atomic E-state index is 10.9. The lowest BCUT2D eigenvalue weighted by molar-refractivity contribution is 0.0690. The molecule has 0 amide bonds. The zero-order chi connectivity index (χ0) is 14.8. The van der Waals surface area contributed by atoms with Crippen molar-refractivity contribution in [3.63, 3.8) is 0 Å². The average Bonchev–Trinajstić information content (AvgIpc) is 2.90. The highest BCUT2D eigenvalue weighted by molar-refractivity contribution is 5.85. The Labute approximate surface area is 117 Å². The van der Waals surface area contributed by atoms with Crippen LogP contribution in [0.2, 0.25) is 0 Å². The molecular formula is C15H18N2O3. The average molecular weight is 274 g/mol. The number of nitrogens with zero attached hydrogens (tertiary/aromatic N) is 1. The first kappa shape index (κ1) is 14.1. The van der Waals surface area contributed by atoms with Crippen molar-refractivity contribution in [2.75, 3.05) is 6.61 Å². The summed E-state index contributed by atoms with van der Waals surface area (Å²) in [5, 5.41) is 15.5. The van der Waals surface area contributed by atoms with Crippen molar-refractivity contribution >= 4 is 5.97 Å². The molecule has 0 aliphatic rings. The smallest absolute Gasteiger partial charge is 0.356 e. The van der Waals surface area contributed by atoms with Crippen LogP contribution in [0.25, 0.3) is 0 Å². The maximum atomic E-state index is 10.9. The first-order valence-corrected chi connectivity index (χ1v) is 6.47. The van der Waals surface area contributed by atoms with Gasteiger partial charge in [-0.15, -0.1) is 0 Å². The number of H-pyrrole nitrogens is 1. The Kier molecular flexibility index (Phi) is 3.79. The van der Waals surface area contributed by atoms with Gasteiger partial charge >= 0.3 is 5.97 Å². The van der Waals surface area contributed by atoms with E-state index in [1.807, 2.05) is 45.0 Å². The van der Waals surface area contributed by atoms with E-state index in [4.69, 9.17) is 9.84 Å². The van der Waals surface area contributed by atoms with Gasteiger partial charge in [-0.2, -0.15) is 5.10 Å². The number of rotatable bonds is 5. The highest BCUT2D eigenvalue weighted by Gasteiger charge is 2.26. The highest BCUT2D eigenvalue weighted by atomic mass is 16.5. The lowest BCUT2D eigenvalue weighted by Gasteiger charge is -2.23. The summed E-state index contributed by atoms with van der Waals surface area (Å²) in [4.78, 5) is 10.9. The molecule has 1 heterocycles. The molecule has 1 aromatic heterocycles. The molecule has 106 valence electrons. The summed E-state index contributed by atoms with van der Waals surface area (Å²) in [6.45, 7) is 6.60. The van der Waals surface area contributed by atoms with Gasteiger partial charge in [0, 0.05) is 11.1 Å². The molecule has 0 aliphatic heterocycles. The van der Waals surface area contributed by atoms with Crippen LogP contribution in [-0.4, -0.2) is 27.9 Å². The van der Waals surface area contributed by atoms with Crippen LogP contribution in [0.4, 0.5) is 0 Å². The van der Waals surface area contributed by atoms with E-state index in [9.17, 15) is 4.79 Å². The number of ether oxygens (including phenoxy) is 1. The summed E-state index contributed by atoms with van der Waals surface area (Å²) in [7, 11) is 0. The molecule has 0 radical (unpaired) electrons. The Morgan fingerprint density at radius 1 is 1.35 bits per heavy atom. The fourth-order valence-electron chi connectivity index (χ4n) is 2.04. The summed E-state index contributed by atoms with van der Waals surface area (Å²) in [6, 6.07) is 9.35. The standard InChI is InChI=1S/C15H18N2O3/c1-4-20-11-7-5-10(6-8-11)15(2,3)13-9-12(14(18)19)16-17-13/h5-9H,4H2,1-3H3,(H,16,17)(H,18,19). The monoisotopic (exact) mass is 274 g/mol. The van der Waals surface area contributed by atoms with Gasteiger partial charge in [-0.1, -0.05) is 26.0 Å². The van der Waals surface area contributed by atoms with Gasteiger partial charge in [0.05, 0.1) is 6.61 Å². The zero-order valence-corrected chi connectivity index (χ0v) is 11.8. The van der Waals surface area contributed by atoms with Crippen molar-refractivity contribution in [1.82, 2.24) is 10.2 Å². The van der Waals surface area contributed by atoms with E-state index in [0.717, 1.165) is 17.0 Å². The first-order chi connectivity index (χ1) is 9.45. The van der Waals surface area contributed by atoms with Crippen molar-refractivity contribution in [3.8, 4) is 5.75 Å². The third-order valence-corrected chi connectivity index (χ3v) is 3.36. The second-order valence-corrected chi connectivity index (χ2v) is 5.05. The molecule has 0 fully saturated rings.